The zero-order valence-corrected chi connectivity index (χ0v) is 11.1. The lowest BCUT2D eigenvalue weighted by atomic mass is 10.2. The second-order valence-electron chi connectivity index (χ2n) is 4.49. The molecule has 0 saturated heterocycles. The molecule has 1 aromatic carbocycles. The maximum absolute atomic E-state index is 12.8. The van der Waals surface area contributed by atoms with E-state index in [9.17, 15) is 4.39 Å². The molecular weight excluding hydrogens is 243 g/mol. The fraction of sp³-hybridized carbons (Fsp3) is 0.333. The molecule has 0 unspecified atom stereocenters. The summed E-state index contributed by atoms with van der Waals surface area (Å²) in [7, 11) is 1.70. The Morgan fingerprint density at radius 3 is 2.68 bits per heavy atom. The van der Waals surface area contributed by atoms with Crippen LogP contribution in [0.25, 0.3) is 0 Å². The van der Waals surface area contributed by atoms with Crippen LogP contribution in [0.2, 0.25) is 0 Å². The SMILES string of the molecule is COCCNCc1ccn(Cc2ccc(F)cc2)c1. The number of benzene rings is 1. The molecule has 0 atom stereocenters. The van der Waals surface area contributed by atoms with E-state index >= 15 is 0 Å². The van der Waals surface area contributed by atoms with Crippen LogP contribution in [0, 0.1) is 5.82 Å². The molecule has 1 heterocycles. The van der Waals surface area contributed by atoms with Gasteiger partial charge in [0.15, 0.2) is 0 Å². The predicted octanol–water partition coefficient (Wildman–Crippen LogP) is 2.41. The van der Waals surface area contributed by atoms with Crippen LogP contribution in [0.4, 0.5) is 4.39 Å². The Balaban J connectivity index is 1.85. The van der Waals surface area contributed by atoms with Gasteiger partial charge in [-0.25, -0.2) is 4.39 Å². The van der Waals surface area contributed by atoms with Gasteiger partial charge in [-0.3, -0.25) is 0 Å². The molecule has 0 saturated carbocycles. The van der Waals surface area contributed by atoms with E-state index in [4.69, 9.17) is 4.74 Å². The first-order valence-corrected chi connectivity index (χ1v) is 6.36. The van der Waals surface area contributed by atoms with Gasteiger partial charge in [0, 0.05) is 39.1 Å². The minimum atomic E-state index is -0.195. The van der Waals surface area contributed by atoms with Crippen molar-refractivity contribution in [2.24, 2.45) is 0 Å². The fourth-order valence-corrected chi connectivity index (χ4v) is 1.90. The highest BCUT2D eigenvalue weighted by molar-refractivity contribution is 5.18. The summed E-state index contributed by atoms with van der Waals surface area (Å²) in [5, 5.41) is 3.30. The molecule has 2 aromatic rings. The summed E-state index contributed by atoms with van der Waals surface area (Å²) < 4.78 is 19.9. The van der Waals surface area contributed by atoms with Crippen molar-refractivity contribution in [2.45, 2.75) is 13.1 Å². The lowest BCUT2D eigenvalue weighted by Crippen LogP contribution is -2.18. The molecule has 102 valence electrons. The van der Waals surface area contributed by atoms with Gasteiger partial charge < -0.3 is 14.6 Å². The van der Waals surface area contributed by atoms with Gasteiger partial charge in [-0.1, -0.05) is 12.1 Å². The quantitative estimate of drug-likeness (QED) is 0.776. The first kappa shape index (κ1) is 13.8. The topological polar surface area (TPSA) is 26.2 Å². The predicted molar refractivity (Wildman–Crippen MR) is 73.5 cm³/mol. The summed E-state index contributed by atoms with van der Waals surface area (Å²) >= 11 is 0. The normalized spacial score (nSPS) is 10.8. The van der Waals surface area contributed by atoms with E-state index in [0.717, 1.165) is 31.8 Å². The molecule has 1 aromatic heterocycles. The Hall–Kier alpha value is -1.65. The smallest absolute Gasteiger partial charge is 0.123 e. The van der Waals surface area contributed by atoms with Crippen LogP contribution in [0.3, 0.4) is 0 Å². The van der Waals surface area contributed by atoms with Crippen LogP contribution in [-0.2, 0) is 17.8 Å². The van der Waals surface area contributed by atoms with Crippen molar-refractivity contribution in [1.29, 1.82) is 0 Å². The Labute approximate surface area is 113 Å². The van der Waals surface area contributed by atoms with Crippen molar-refractivity contribution < 1.29 is 9.13 Å². The number of ether oxygens (including phenoxy) is 1. The average molecular weight is 262 g/mol. The van der Waals surface area contributed by atoms with Crippen molar-refractivity contribution >= 4 is 0 Å². The van der Waals surface area contributed by atoms with Crippen molar-refractivity contribution in [3.8, 4) is 0 Å². The number of hydrogen-bond donors (Lipinski definition) is 1. The largest absolute Gasteiger partial charge is 0.383 e. The van der Waals surface area contributed by atoms with E-state index in [2.05, 4.69) is 22.1 Å². The second-order valence-corrected chi connectivity index (χ2v) is 4.49. The van der Waals surface area contributed by atoms with Crippen molar-refractivity contribution in [3.05, 3.63) is 59.7 Å². The molecule has 19 heavy (non-hydrogen) atoms. The number of hydrogen-bond acceptors (Lipinski definition) is 2. The Kier molecular flexibility index (Phi) is 5.12. The zero-order chi connectivity index (χ0) is 13.5. The van der Waals surface area contributed by atoms with Gasteiger partial charge in [-0.2, -0.15) is 0 Å². The zero-order valence-electron chi connectivity index (χ0n) is 11.1. The number of halogens is 1. The summed E-state index contributed by atoms with van der Waals surface area (Å²) in [5.41, 5.74) is 2.33. The van der Waals surface area contributed by atoms with Gasteiger partial charge in [0.25, 0.3) is 0 Å². The Bertz CT molecular complexity index is 493. The molecule has 4 heteroatoms. The van der Waals surface area contributed by atoms with Gasteiger partial charge in [-0.15, -0.1) is 0 Å². The molecule has 0 radical (unpaired) electrons. The van der Waals surface area contributed by atoms with Gasteiger partial charge in [-0.05, 0) is 29.3 Å². The monoisotopic (exact) mass is 262 g/mol. The molecular formula is C15H19FN2O. The minimum absolute atomic E-state index is 0.195. The van der Waals surface area contributed by atoms with Crippen LogP contribution in [0.5, 0.6) is 0 Å². The molecule has 0 amide bonds. The van der Waals surface area contributed by atoms with Gasteiger partial charge in [0.1, 0.15) is 5.82 Å². The highest BCUT2D eigenvalue weighted by Crippen LogP contribution is 2.07. The molecule has 1 N–H and O–H groups in total. The van der Waals surface area contributed by atoms with Crippen LogP contribution in [-0.4, -0.2) is 24.8 Å². The van der Waals surface area contributed by atoms with E-state index in [1.54, 1.807) is 7.11 Å². The van der Waals surface area contributed by atoms with Gasteiger partial charge in [0.05, 0.1) is 6.61 Å². The molecule has 0 aliphatic carbocycles. The summed E-state index contributed by atoms with van der Waals surface area (Å²) in [5.74, 6) is -0.195. The number of rotatable bonds is 7. The molecule has 0 bridgehead atoms. The highest BCUT2D eigenvalue weighted by Gasteiger charge is 1.99. The molecule has 0 fully saturated rings. The maximum atomic E-state index is 12.8. The molecule has 3 nitrogen and oxygen atoms in total. The third kappa shape index (κ3) is 4.50. The van der Waals surface area contributed by atoms with Crippen molar-refractivity contribution in [1.82, 2.24) is 9.88 Å². The van der Waals surface area contributed by atoms with E-state index in [-0.39, 0.29) is 5.82 Å². The third-order valence-electron chi connectivity index (χ3n) is 2.90. The minimum Gasteiger partial charge on any atom is -0.383 e. The van der Waals surface area contributed by atoms with Gasteiger partial charge >= 0.3 is 0 Å². The second kappa shape index (κ2) is 7.07. The van der Waals surface area contributed by atoms with Crippen molar-refractivity contribution in [3.63, 3.8) is 0 Å². The maximum Gasteiger partial charge on any atom is 0.123 e. The summed E-state index contributed by atoms with van der Waals surface area (Å²) in [6, 6.07) is 8.69. The van der Waals surface area contributed by atoms with Crippen LogP contribution >= 0.6 is 0 Å². The van der Waals surface area contributed by atoms with E-state index in [0.29, 0.717) is 0 Å². The van der Waals surface area contributed by atoms with Crippen LogP contribution < -0.4 is 5.32 Å². The fourth-order valence-electron chi connectivity index (χ4n) is 1.90. The van der Waals surface area contributed by atoms with Crippen LogP contribution in [0.15, 0.2) is 42.7 Å². The Morgan fingerprint density at radius 2 is 1.95 bits per heavy atom. The lowest BCUT2D eigenvalue weighted by molar-refractivity contribution is 0.199. The molecule has 0 spiro atoms. The lowest BCUT2D eigenvalue weighted by Gasteiger charge is -2.04. The standard InChI is InChI=1S/C15H19FN2O/c1-19-9-7-17-10-14-6-8-18(12-14)11-13-2-4-15(16)5-3-13/h2-6,8,12,17H,7,9-11H2,1H3. The van der Waals surface area contributed by atoms with E-state index in [1.807, 2.05) is 18.3 Å². The first-order valence-electron chi connectivity index (χ1n) is 6.36. The number of nitrogens with zero attached hydrogens (tertiary/aromatic N) is 1. The van der Waals surface area contributed by atoms with Crippen LogP contribution in [0.1, 0.15) is 11.1 Å². The van der Waals surface area contributed by atoms with Gasteiger partial charge in [0.2, 0.25) is 0 Å². The average Bonchev–Trinajstić information content (AvgIpc) is 2.85. The summed E-state index contributed by atoms with van der Waals surface area (Å²) in [6.45, 7) is 3.16. The van der Waals surface area contributed by atoms with Crippen molar-refractivity contribution in [2.75, 3.05) is 20.3 Å². The number of nitrogens with one attached hydrogen (secondary N) is 1. The number of methoxy groups -OCH3 is 1. The molecule has 2 rings (SSSR count). The van der Waals surface area contributed by atoms with E-state index in [1.165, 1.54) is 17.7 Å². The first-order chi connectivity index (χ1) is 9.28. The highest BCUT2D eigenvalue weighted by atomic mass is 19.1. The molecule has 0 aliphatic rings. The summed E-state index contributed by atoms with van der Waals surface area (Å²) in [4.78, 5) is 0. The van der Waals surface area contributed by atoms with E-state index < -0.39 is 0 Å². The third-order valence-corrected chi connectivity index (χ3v) is 2.90. The Morgan fingerprint density at radius 1 is 1.16 bits per heavy atom. The molecule has 0 aliphatic heterocycles. The number of aromatic nitrogens is 1. The summed E-state index contributed by atoms with van der Waals surface area (Å²) in [6.07, 6.45) is 4.14.